The Hall–Kier alpha value is -1.46. The lowest BCUT2D eigenvalue weighted by molar-refractivity contribution is -0.0334. The number of pyridine rings is 1. The number of hydrogen-bond donors (Lipinski definition) is 1. The molecule has 0 spiro atoms. The molecule has 0 aliphatic carbocycles. The average molecular weight is 211 g/mol. The second kappa shape index (κ2) is 6.92. The van der Waals surface area contributed by atoms with Crippen LogP contribution in [0.1, 0.15) is 10.5 Å². The summed E-state index contributed by atoms with van der Waals surface area (Å²) < 4.78 is 9.89. The Kier molecular flexibility index (Phi) is 5.35. The molecule has 15 heavy (non-hydrogen) atoms. The first-order valence-corrected chi connectivity index (χ1v) is 4.60. The first-order valence-electron chi connectivity index (χ1n) is 4.60. The molecule has 1 aliphatic heterocycles. The van der Waals surface area contributed by atoms with Gasteiger partial charge in [0.15, 0.2) is 0 Å². The largest absolute Gasteiger partial charge is 0.477 e. The summed E-state index contributed by atoms with van der Waals surface area (Å²) in [5.74, 6) is -0.990. The molecule has 1 saturated heterocycles. The van der Waals surface area contributed by atoms with Gasteiger partial charge in [0.2, 0.25) is 0 Å². The Bertz CT molecular complexity index is 273. The number of nitrogens with zero attached hydrogens (tertiary/aromatic N) is 1. The van der Waals surface area contributed by atoms with Crippen molar-refractivity contribution in [2.75, 3.05) is 26.4 Å². The highest BCUT2D eigenvalue weighted by Gasteiger charge is 1.98. The molecule has 1 aliphatic rings. The summed E-state index contributed by atoms with van der Waals surface area (Å²) in [5.41, 5.74) is 0.0810. The van der Waals surface area contributed by atoms with Gasteiger partial charge in [0.05, 0.1) is 26.4 Å². The number of carboxylic acids is 1. The number of ether oxygens (including phenoxy) is 2. The van der Waals surface area contributed by atoms with E-state index < -0.39 is 5.97 Å². The molecular formula is C10H13NO4. The zero-order valence-corrected chi connectivity index (χ0v) is 8.26. The minimum absolute atomic E-state index is 0.0810. The molecule has 0 radical (unpaired) electrons. The van der Waals surface area contributed by atoms with Gasteiger partial charge in [-0.2, -0.15) is 0 Å². The maximum Gasteiger partial charge on any atom is 0.354 e. The van der Waals surface area contributed by atoms with Crippen molar-refractivity contribution in [1.29, 1.82) is 0 Å². The smallest absolute Gasteiger partial charge is 0.354 e. The molecule has 5 heteroatoms. The maximum atomic E-state index is 10.1. The Morgan fingerprint density at radius 1 is 1.20 bits per heavy atom. The van der Waals surface area contributed by atoms with Crippen LogP contribution in [0.25, 0.3) is 0 Å². The van der Waals surface area contributed by atoms with E-state index in [1.807, 2.05) is 0 Å². The van der Waals surface area contributed by atoms with Gasteiger partial charge < -0.3 is 14.6 Å². The molecule has 1 fully saturated rings. The maximum absolute atomic E-state index is 10.1. The number of carbonyl (C=O) groups is 1. The fraction of sp³-hybridized carbons (Fsp3) is 0.400. The third-order valence-electron chi connectivity index (χ3n) is 1.63. The highest BCUT2D eigenvalue weighted by atomic mass is 16.6. The summed E-state index contributed by atoms with van der Waals surface area (Å²) in [6.07, 6.45) is 1.45. The fourth-order valence-corrected chi connectivity index (χ4v) is 0.929. The number of aromatic nitrogens is 1. The van der Waals surface area contributed by atoms with E-state index in [1.165, 1.54) is 12.3 Å². The van der Waals surface area contributed by atoms with E-state index in [0.29, 0.717) is 0 Å². The molecule has 0 aromatic carbocycles. The molecule has 1 aromatic rings. The molecule has 5 nitrogen and oxygen atoms in total. The van der Waals surface area contributed by atoms with E-state index in [1.54, 1.807) is 12.1 Å². The predicted octanol–water partition coefficient (Wildman–Crippen LogP) is 0.813. The molecule has 1 N–H and O–H groups in total. The fourth-order valence-electron chi connectivity index (χ4n) is 0.929. The minimum Gasteiger partial charge on any atom is -0.477 e. The van der Waals surface area contributed by atoms with E-state index in [4.69, 9.17) is 14.6 Å². The van der Waals surface area contributed by atoms with Crippen molar-refractivity contribution in [1.82, 2.24) is 4.98 Å². The number of aromatic carboxylic acids is 1. The van der Waals surface area contributed by atoms with Crippen LogP contribution < -0.4 is 0 Å². The van der Waals surface area contributed by atoms with E-state index in [-0.39, 0.29) is 5.69 Å². The first-order chi connectivity index (χ1) is 7.30. The lowest BCUT2D eigenvalue weighted by Gasteiger charge is -2.09. The lowest BCUT2D eigenvalue weighted by atomic mass is 10.4. The molecule has 2 heterocycles. The van der Waals surface area contributed by atoms with Crippen LogP contribution in [-0.2, 0) is 9.47 Å². The van der Waals surface area contributed by atoms with Crippen LogP contribution >= 0.6 is 0 Å². The van der Waals surface area contributed by atoms with Crippen LogP contribution in [-0.4, -0.2) is 42.5 Å². The number of rotatable bonds is 1. The van der Waals surface area contributed by atoms with Crippen molar-refractivity contribution >= 4 is 5.97 Å². The lowest BCUT2D eigenvalue weighted by Crippen LogP contribution is -2.16. The van der Waals surface area contributed by atoms with Gasteiger partial charge in [-0.05, 0) is 12.1 Å². The minimum atomic E-state index is -0.990. The first kappa shape index (κ1) is 11.6. The van der Waals surface area contributed by atoms with Gasteiger partial charge in [-0.3, -0.25) is 0 Å². The predicted molar refractivity (Wildman–Crippen MR) is 52.8 cm³/mol. The molecule has 0 amide bonds. The monoisotopic (exact) mass is 211 g/mol. The van der Waals surface area contributed by atoms with Crippen LogP contribution in [0.15, 0.2) is 24.4 Å². The van der Waals surface area contributed by atoms with E-state index in [9.17, 15) is 4.79 Å². The van der Waals surface area contributed by atoms with Crippen molar-refractivity contribution < 1.29 is 19.4 Å². The zero-order chi connectivity index (χ0) is 10.9. The van der Waals surface area contributed by atoms with Gasteiger partial charge in [-0.1, -0.05) is 6.07 Å². The van der Waals surface area contributed by atoms with E-state index in [0.717, 1.165) is 26.4 Å². The number of carboxylic acid groups (broad SMARTS) is 1. The topological polar surface area (TPSA) is 68.7 Å². The molecule has 1 aromatic heterocycles. The summed E-state index contributed by atoms with van der Waals surface area (Å²) in [6, 6.07) is 4.76. The van der Waals surface area contributed by atoms with Crippen LogP contribution in [0.5, 0.6) is 0 Å². The highest BCUT2D eigenvalue weighted by molar-refractivity contribution is 5.85. The Labute approximate surface area is 87.7 Å². The highest BCUT2D eigenvalue weighted by Crippen LogP contribution is 1.90. The Morgan fingerprint density at radius 3 is 2.07 bits per heavy atom. The molecular weight excluding hydrogens is 198 g/mol. The van der Waals surface area contributed by atoms with Gasteiger partial charge >= 0.3 is 5.97 Å². The SMILES string of the molecule is C1COCCO1.O=C(O)c1ccccn1. The molecule has 0 saturated carbocycles. The molecule has 0 atom stereocenters. The third kappa shape index (κ3) is 5.09. The van der Waals surface area contributed by atoms with Crippen molar-refractivity contribution in [3.05, 3.63) is 30.1 Å². The van der Waals surface area contributed by atoms with Gasteiger partial charge in [-0.15, -0.1) is 0 Å². The normalized spacial score (nSPS) is 14.9. The summed E-state index contributed by atoms with van der Waals surface area (Å²) >= 11 is 0. The van der Waals surface area contributed by atoms with Crippen LogP contribution in [0, 0.1) is 0 Å². The quantitative estimate of drug-likeness (QED) is 0.744. The van der Waals surface area contributed by atoms with Crippen molar-refractivity contribution in [2.45, 2.75) is 0 Å². The van der Waals surface area contributed by atoms with Crippen molar-refractivity contribution in [3.8, 4) is 0 Å². The Balaban J connectivity index is 0.000000162. The van der Waals surface area contributed by atoms with Crippen molar-refractivity contribution in [3.63, 3.8) is 0 Å². The number of hydrogen-bond acceptors (Lipinski definition) is 4. The van der Waals surface area contributed by atoms with E-state index in [2.05, 4.69) is 4.98 Å². The second-order valence-electron chi connectivity index (χ2n) is 2.74. The summed E-state index contributed by atoms with van der Waals surface area (Å²) in [7, 11) is 0. The van der Waals surface area contributed by atoms with Gasteiger partial charge in [0.25, 0.3) is 0 Å². The van der Waals surface area contributed by atoms with Gasteiger partial charge in [0.1, 0.15) is 5.69 Å². The molecule has 82 valence electrons. The summed E-state index contributed by atoms with van der Waals surface area (Å²) in [5, 5.41) is 8.32. The van der Waals surface area contributed by atoms with Crippen LogP contribution in [0.4, 0.5) is 0 Å². The summed E-state index contributed by atoms with van der Waals surface area (Å²) in [6.45, 7) is 3.11. The van der Waals surface area contributed by atoms with Crippen molar-refractivity contribution in [2.24, 2.45) is 0 Å². The van der Waals surface area contributed by atoms with E-state index >= 15 is 0 Å². The molecule has 0 bridgehead atoms. The van der Waals surface area contributed by atoms with Crippen LogP contribution in [0.3, 0.4) is 0 Å². The van der Waals surface area contributed by atoms with Crippen LogP contribution in [0.2, 0.25) is 0 Å². The standard InChI is InChI=1S/C6H5NO2.C4H8O2/c8-6(9)5-3-1-2-4-7-5;1-2-6-4-3-5-1/h1-4H,(H,8,9);1-4H2. The van der Waals surface area contributed by atoms with Gasteiger partial charge in [-0.25, -0.2) is 9.78 Å². The second-order valence-corrected chi connectivity index (χ2v) is 2.74. The summed E-state index contributed by atoms with van der Waals surface area (Å²) in [4.78, 5) is 13.7. The average Bonchev–Trinajstić information content (AvgIpc) is 2.33. The Morgan fingerprint density at radius 2 is 1.80 bits per heavy atom. The third-order valence-corrected chi connectivity index (χ3v) is 1.63. The molecule has 2 rings (SSSR count). The zero-order valence-electron chi connectivity index (χ0n) is 8.26. The molecule has 0 unspecified atom stereocenters. The van der Waals surface area contributed by atoms with Gasteiger partial charge in [0, 0.05) is 6.20 Å².